The molecule has 0 aromatic carbocycles. The van der Waals surface area contributed by atoms with E-state index in [9.17, 15) is 5.11 Å². The predicted octanol–water partition coefficient (Wildman–Crippen LogP) is 1.69. The molecular weight excluding hydrogens is 218 g/mol. The minimum atomic E-state index is -0.437. The Balaban J connectivity index is 2.54. The van der Waals surface area contributed by atoms with Gasteiger partial charge in [0.05, 0.1) is 12.7 Å². The maximum absolute atomic E-state index is 9.88. The van der Waals surface area contributed by atoms with Gasteiger partial charge in [-0.1, -0.05) is 20.8 Å². The standard InChI is InChI=1S/C12H21N3O2/c1-5-17-11-6-10(14-8-15-11)13-7-9(16)12(2,3)4/h6,8-9,16H,5,7H2,1-4H3,(H,13,14,15). The fraction of sp³-hybridized carbons (Fsp3) is 0.667. The number of anilines is 1. The van der Waals surface area contributed by atoms with Crippen molar-refractivity contribution < 1.29 is 9.84 Å². The molecular formula is C12H21N3O2. The lowest BCUT2D eigenvalue weighted by Crippen LogP contribution is -2.33. The van der Waals surface area contributed by atoms with Crippen LogP contribution in [0, 0.1) is 5.41 Å². The Labute approximate surface area is 102 Å². The largest absolute Gasteiger partial charge is 0.478 e. The van der Waals surface area contributed by atoms with E-state index in [1.165, 1.54) is 6.33 Å². The van der Waals surface area contributed by atoms with Gasteiger partial charge in [-0.15, -0.1) is 0 Å². The number of ether oxygens (including phenoxy) is 1. The molecule has 1 unspecified atom stereocenters. The van der Waals surface area contributed by atoms with Crippen molar-refractivity contribution >= 4 is 5.82 Å². The number of hydrogen-bond acceptors (Lipinski definition) is 5. The average molecular weight is 239 g/mol. The number of rotatable bonds is 5. The molecule has 2 N–H and O–H groups in total. The van der Waals surface area contributed by atoms with Crippen molar-refractivity contribution in [3.63, 3.8) is 0 Å². The highest BCUT2D eigenvalue weighted by atomic mass is 16.5. The van der Waals surface area contributed by atoms with Gasteiger partial charge >= 0.3 is 0 Å². The highest BCUT2D eigenvalue weighted by Crippen LogP contribution is 2.19. The molecule has 0 bridgehead atoms. The first-order valence-corrected chi connectivity index (χ1v) is 5.80. The summed E-state index contributed by atoms with van der Waals surface area (Å²) in [5.41, 5.74) is -0.150. The van der Waals surface area contributed by atoms with Gasteiger partial charge in [-0.25, -0.2) is 9.97 Å². The Bertz CT molecular complexity index is 350. The lowest BCUT2D eigenvalue weighted by molar-refractivity contribution is 0.0745. The van der Waals surface area contributed by atoms with E-state index in [4.69, 9.17) is 4.74 Å². The van der Waals surface area contributed by atoms with Crippen LogP contribution in [-0.4, -0.2) is 34.3 Å². The van der Waals surface area contributed by atoms with Gasteiger partial charge in [-0.3, -0.25) is 0 Å². The van der Waals surface area contributed by atoms with E-state index in [1.54, 1.807) is 6.07 Å². The first kappa shape index (κ1) is 13.7. The molecule has 0 amide bonds. The van der Waals surface area contributed by atoms with Gasteiger partial charge in [0, 0.05) is 12.6 Å². The monoisotopic (exact) mass is 239 g/mol. The third-order valence-corrected chi connectivity index (χ3v) is 2.41. The fourth-order valence-corrected chi connectivity index (χ4v) is 1.17. The van der Waals surface area contributed by atoms with Gasteiger partial charge in [-0.05, 0) is 12.3 Å². The number of aromatic nitrogens is 2. The van der Waals surface area contributed by atoms with Crippen molar-refractivity contribution in [1.29, 1.82) is 0 Å². The van der Waals surface area contributed by atoms with Gasteiger partial charge < -0.3 is 15.2 Å². The van der Waals surface area contributed by atoms with Crippen molar-refractivity contribution in [1.82, 2.24) is 9.97 Å². The van der Waals surface area contributed by atoms with Crippen molar-refractivity contribution in [3.8, 4) is 5.88 Å². The SMILES string of the molecule is CCOc1cc(NCC(O)C(C)(C)C)ncn1. The molecule has 0 aliphatic carbocycles. The molecule has 5 heteroatoms. The summed E-state index contributed by atoms with van der Waals surface area (Å²) in [5, 5.41) is 13.0. The van der Waals surface area contributed by atoms with Crippen LogP contribution in [0.5, 0.6) is 5.88 Å². The van der Waals surface area contributed by atoms with Crippen molar-refractivity contribution in [2.24, 2.45) is 5.41 Å². The molecule has 1 rings (SSSR count). The maximum Gasteiger partial charge on any atom is 0.218 e. The van der Waals surface area contributed by atoms with Crippen LogP contribution < -0.4 is 10.1 Å². The molecule has 96 valence electrons. The minimum Gasteiger partial charge on any atom is -0.478 e. The second-order valence-electron chi connectivity index (χ2n) is 4.94. The summed E-state index contributed by atoms with van der Waals surface area (Å²) < 4.78 is 5.27. The van der Waals surface area contributed by atoms with Crippen LogP contribution in [0.2, 0.25) is 0 Å². The summed E-state index contributed by atoms with van der Waals surface area (Å²) in [7, 11) is 0. The van der Waals surface area contributed by atoms with Gasteiger partial charge in [0.1, 0.15) is 12.1 Å². The maximum atomic E-state index is 9.88. The Morgan fingerprint density at radius 3 is 2.71 bits per heavy atom. The van der Waals surface area contributed by atoms with Gasteiger partial charge in [0.2, 0.25) is 5.88 Å². The molecule has 1 atom stereocenters. The average Bonchev–Trinajstić information content (AvgIpc) is 2.25. The van der Waals surface area contributed by atoms with E-state index in [0.717, 1.165) is 0 Å². The fourth-order valence-electron chi connectivity index (χ4n) is 1.17. The molecule has 5 nitrogen and oxygen atoms in total. The number of nitrogens with zero attached hydrogens (tertiary/aromatic N) is 2. The summed E-state index contributed by atoms with van der Waals surface area (Å²) in [6.07, 6.45) is 1.00. The topological polar surface area (TPSA) is 67.3 Å². The first-order valence-electron chi connectivity index (χ1n) is 5.80. The summed E-state index contributed by atoms with van der Waals surface area (Å²) in [6.45, 7) is 8.90. The van der Waals surface area contributed by atoms with E-state index in [0.29, 0.717) is 24.8 Å². The number of aliphatic hydroxyl groups excluding tert-OH is 1. The normalized spacial score (nSPS) is 13.2. The summed E-state index contributed by atoms with van der Waals surface area (Å²) in [5.74, 6) is 1.20. The van der Waals surface area contributed by atoms with E-state index in [1.807, 2.05) is 27.7 Å². The van der Waals surface area contributed by atoms with Crippen molar-refractivity contribution in [3.05, 3.63) is 12.4 Å². The van der Waals surface area contributed by atoms with E-state index in [2.05, 4.69) is 15.3 Å². The van der Waals surface area contributed by atoms with E-state index < -0.39 is 6.10 Å². The molecule has 0 radical (unpaired) electrons. The zero-order chi connectivity index (χ0) is 12.9. The lowest BCUT2D eigenvalue weighted by atomic mass is 9.89. The molecule has 0 saturated heterocycles. The highest BCUT2D eigenvalue weighted by Gasteiger charge is 2.21. The Hall–Kier alpha value is -1.36. The highest BCUT2D eigenvalue weighted by molar-refractivity contribution is 5.37. The van der Waals surface area contributed by atoms with Crippen LogP contribution in [0.3, 0.4) is 0 Å². The Morgan fingerprint density at radius 1 is 1.41 bits per heavy atom. The zero-order valence-electron chi connectivity index (χ0n) is 10.9. The molecule has 1 heterocycles. The second-order valence-corrected chi connectivity index (χ2v) is 4.94. The van der Waals surface area contributed by atoms with Gasteiger partial charge in [0.15, 0.2) is 0 Å². The van der Waals surface area contributed by atoms with Crippen LogP contribution >= 0.6 is 0 Å². The second kappa shape index (κ2) is 5.82. The van der Waals surface area contributed by atoms with Crippen LogP contribution in [0.4, 0.5) is 5.82 Å². The van der Waals surface area contributed by atoms with Crippen LogP contribution in [0.25, 0.3) is 0 Å². The Morgan fingerprint density at radius 2 is 2.12 bits per heavy atom. The van der Waals surface area contributed by atoms with Crippen LogP contribution in [0.15, 0.2) is 12.4 Å². The number of hydrogen-bond donors (Lipinski definition) is 2. The van der Waals surface area contributed by atoms with Crippen LogP contribution in [-0.2, 0) is 0 Å². The molecule has 0 aliphatic heterocycles. The van der Waals surface area contributed by atoms with Crippen LogP contribution in [0.1, 0.15) is 27.7 Å². The minimum absolute atomic E-state index is 0.150. The van der Waals surface area contributed by atoms with Crippen molar-refractivity contribution in [2.45, 2.75) is 33.8 Å². The first-order chi connectivity index (χ1) is 7.93. The Kier molecular flexibility index (Phi) is 4.69. The summed E-state index contributed by atoms with van der Waals surface area (Å²) in [6, 6.07) is 1.72. The lowest BCUT2D eigenvalue weighted by Gasteiger charge is -2.26. The number of aliphatic hydroxyl groups is 1. The smallest absolute Gasteiger partial charge is 0.218 e. The van der Waals surface area contributed by atoms with E-state index >= 15 is 0 Å². The predicted molar refractivity (Wildman–Crippen MR) is 67.2 cm³/mol. The third kappa shape index (κ3) is 4.56. The third-order valence-electron chi connectivity index (χ3n) is 2.41. The molecule has 1 aromatic rings. The zero-order valence-corrected chi connectivity index (χ0v) is 10.9. The molecule has 1 aromatic heterocycles. The summed E-state index contributed by atoms with van der Waals surface area (Å²) >= 11 is 0. The van der Waals surface area contributed by atoms with E-state index in [-0.39, 0.29) is 5.41 Å². The summed E-state index contributed by atoms with van der Waals surface area (Å²) in [4.78, 5) is 8.03. The number of nitrogens with one attached hydrogen (secondary N) is 1. The quantitative estimate of drug-likeness (QED) is 0.818. The molecule has 0 spiro atoms. The molecule has 0 saturated carbocycles. The molecule has 17 heavy (non-hydrogen) atoms. The molecule has 0 aliphatic rings. The van der Waals surface area contributed by atoms with Gasteiger partial charge in [0.25, 0.3) is 0 Å². The van der Waals surface area contributed by atoms with Gasteiger partial charge in [-0.2, -0.15) is 0 Å². The van der Waals surface area contributed by atoms with Crippen molar-refractivity contribution in [2.75, 3.05) is 18.5 Å². The molecule has 0 fully saturated rings.